The largest absolute Gasteiger partial charge is 0.494 e. The van der Waals surface area contributed by atoms with Crippen molar-refractivity contribution in [2.45, 2.75) is 25.9 Å². The van der Waals surface area contributed by atoms with Gasteiger partial charge in [0, 0.05) is 0 Å². The van der Waals surface area contributed by atoms with Gasteiger partial charge in [-0.1, -0.05) is 36.4 Å². The molecule has 0 aliphatic heterocycles. The van der Waals surface area contributed by atoms with Crippen LogP contribution >= 0.6 is 0 Å². The Morgan fingerprint density at radius 3 is 2.17 bits per heavy atom. The zero-order valence-corrected chi connectivity index (χ0v) is 13.5. The molecule has 5 heteroatoms. The minimum atomic E-state index is -0.447. The number of nitrogens with one attached hydrogen (secondary N) is 2. The molecule has 2 amide bonds. The number of benzene rings is 2. The van der Waals surface area contributed by atoms with Crippen LogP contribution in [0.1, 0.15) is 37.1 Å². The topological polar surface area (TPSA) is 50.4 Å². The summed E-state index contributed by atoms with van der Waals surface area (Å²) in [4.78, 5) is 12.1. The van der Waals surface area contributed by atoms with E-state index in [-0.39, 0.29) is 23.9 Å². The monoisotopic (exact) mass is 316 g/mol. The van der Waals surface area contributed by atoms with Crippen LogP contribution in [0.25, 0.3) is 0 Å². The van der Waals surface area contributed by atoms with Crippen LogP contribution in [0.5, 0.6) is 5.75 Å². The summed E-state index contributed by atoms with van der Waals surface area (Å²) >= 11 is 0. The average Bonchev–Trinajstić information content (AvgIpc) is 2.55. The van der Waals surface area contributed by atoms with Crippen LogP contribution < -0.4 is 15.4 Å². The Hall–Kier alpha value is -2.56. The molecule has 0 bridgehead atoms. The van der Waals surface area contributed by atoms with Gasteiger partial charge in [-0.05, 0) is 37.1 Å². The first-order valence-electron chi connectivity index (χ1n) is 7.46. The number of amides is 2. The van der Waals surface area contributed by atoms with Crippen LogP contribution in [0, 0.1) is 5.82 Å². The van der Waals surface area contributed by atoms with E-state index in [1.54, 1.807) is 19.1 Å². The first-order chi connectivity index (χ1) is 11.0. The number of carbonyl (C=O) groups excluding carboxylic acids is 1. The second kappa shape index (κ2) is 7.63. The van der Waals surface area contributed by atoms with Crippen LogP contribution in [-0.4, -0.2) is 13.1 Å². The SMILES string of the molecule is COc1ccc(C(C)NC(=O)NC(C)c2ccccc2)cc1F. The highest BCUT2D eigenvalue weighted by molar-refractivity contribution is 5.75. The molecule has 0 heterocycles. The molecule has 2 rings (SSSR count). The van der Waals surface area contributed by atoms with E-state index in [1.807, 2.05) is 37.3 Å². The molecule has 2 unspecified atom stereocenters. The molecule has 0 aromatic heterocycles. The summed E-state index contributed by atoms with van der Waals surface area (Å²) in [5.41, 5.74) is 1.69. The van der Waals surface area contributed by atoms with E-state index in [1.165, 1.54) is 13.2 Å². The number of urea groups is 1. The van der Waals surface area contributed by atoms with Gasteiger partial charge >= 0.3 is 6.03 Å². The van der Waals surface area contributed by atoms with Gasteiger partial charge in [-0.25, -0.2) is 9.18 Å². The summed E-state index contributed by atoms with van der Waals surface area (Å²) in [7, 11) is 1.41. The van der Waals surface area contributed by atoms with Gasteiger partial charge in [0.1, 0.15) is 0 Å². The maximum Gasteiger partial charge on any atom is 0.315 e. The predicted molar refractivity (Wildman–Crippen MR) is 87.9 cm³/mol. The number of hydrogen-bond donors (Lipinski definition) is 2. The molecule has 2 aromatic carbocycles. The van der Waals surface area contributed by atoms with Gasteiger partial charge in [-0.3, -0.25) is 0 Å². The maximum absolute atomic E-state index is 13.7. The highest BCUT2D eigenvalue weighted by atomic mass is 19.1. The van der Waals surface area contributed by atoms with Crippen molar-refractivity contribution in [1.82, 2.24) is 10.6 Å². The third kappa shape index (κ3) is 4.45. The molecular weight excluding hydrogens is 295 g/mol. The van der Waals surface area contributed by atoms with Crippen LogP contribution in [0.15, 0.2) is 48.5 Å². The highest BCUT2D eigenvalue weighted by Gasteiger charge is 2.14. The van der Waals surface area contributed by atoms with Crippen molar-refractivity contribution in [1.29, 1.82) is 0 Å². The average molecular weight is 316 g/mol. The molecule has 23 heavy (non-hydrogen) atoms. The van der Waals surface area contributed by atoms with Gasteiger partial charge in [0.25, 0.3) is 0 Å². The summed E-state index contributed by atoms with van der Waals surface area (Å²) < 4.78 is 18.6. The molecule has 0 radical (unpaired) electrons. The minimum Gasteiger partial charge on any atom is -0.494 e. The lowest BCUT2D eigenvalue weighted by molar-refractivity contribution is 0.235. The molecule has 0 fully saturated rings. The lowest BCUT2D eigenvalue weighted by Gasteiger charge is -2.19. The molecule has 4 nitrogen and oxygen atoms in total. The number of carbonyl (C=O) groups is 1. The van der Waals surface area contributed by atoms with Crippen molar-refractivity contribution < 1.29 is 13.9 Å². The predicted octanol–water partition coefficient (Wildman–Crippen LogP) is 3.96. The zero-order chi connectivity index (χ0) is 16.8. The Balaban J connectivity index is 1.95. The molecule has 0 aliphatic carbocycles. The van der Waals surface area contributed by atoms with Crippen LogP contribution in [0.4, 0.5) is 9.18 Å². The smallest absolute Gasteiger partial charge is 0.315 e. The number of methoxy groups -OCH3 is 1. The standard InChI is InChI=1S/C18H21FN2O2/c1-12(14-7-5-4-6-8-14)20-18(22)21-13(2)15-9-10-17(23-3)16(19)11-15/h4-13H,1-3H3,(H2,20,21,22). The normalized spacial score (nSPS) is 13.0. The minimum absolute atomic E-state index is 0.115. The van der Waals surface area contributed by atoms with E-state index in [0.717, 1.165) is 5.56 Å². The van der Waals surface area contributed by atoms with Crippen LogP contribution in [0.3, 0.4) is 0 Å². The molecule has 0 aliphatic rings. The van der Waals surface area contributed by atoms with Crippen molar-refractivity contribution in [3.8, 4) is 5.75 Å². The van der Waals surface area contributed by atoms with Gasteiger partial charge in [0.2, 0.25) is 0 Å². The summed E-state index contributed by atoms with van der Waals surface area (Å²) in [6, 6.07) is 13.6. The van der Waals surface area contributed by atoms with E-state index in [0.29, 0.717) is 5.56 Å². The number of halogens is 1. The first-order valence-corrected chi connectivity index (χ1v) is 7.46. The Morgan fingerprint density at radius 2 is 1.61 bits per heavy atom. The Labute approximate surface area is 135 Å². The van der Waals surface area contributed by atoms with E-state index in [9.17, 15) is 9.18 Å². The number of ether oxygens (including phenoxy) is 1. The second-order valence-corrected chi connectivity index (χ2v) is 5.37. The quantitative estimate of drug-likeness (QED) is 0.877. The van der Waals surface area contributed by atoms with Crippen molar-refractivity contribution in [3.05, 3.63) is 65.5 Å². The van der Waals surface area contributed by atoms with Gasteiger partial charge < -0.3 is 15.4 Å². The Bertz CT molecular complexity index is 661. The molecule has 2 atom stereocenters. The molecule has 122 valence electrons. The molecule has 0 spiro atoms. The third-order valence-corrected chi connectivity index (χ3v) is 3.67. The second-order valence-electron chi connectivity index (χ2n) is 5.37. The fraction of sp³-hybridized carbons (Fsp3) is 0.278. The third-order valence-electron chi connectivity index (χ3n) is 3.67. The lowest BCUT2D eigenvalue weighted by Crippen LogP contribution is -2.38. The highest BCUT2D eigenvalue weighted by Crippen LogP contribution is 2.21. The molecule has 0 saturated carbocycles. The molecule has 2 aromatic rings. The van der Waals surface area contributed by atoms with Crippen molar-refractivity contribution in [2.75, 3.05) is 7.11 Å². The summed E-state index contributed by atoms with van der Waals surface area (Å²) in [5.74, 6) is -0.264. The van der Waals surface area contributed by atoms with Crippen LogP contribution in [-0.2, 0) is 0 Å². The van der Waals surface area contributed by atoms with Gasteiger partial charge in [-0.15, -0.1) is 0 Å². The molecule has 2 N–H and O–H groups in total. The van der Waals surface area contributed by atoms with Crippen LogP contribution in [0.2, 0.25) is 0 Å². The lowest BCUT2D eigenvalue weighted by atomic mass is 10.1. The van der Waals surface area contributed by atoms with E-state index in [4.69, 9.17) is 4.74 Å². The van der Waals surface area contributed by atoms with Gasteiger partial charge in [-0.2, -0.15) is 0 Å². The van der Waals surface area contributed by atoms with E-state index in [2.05, 4.69) is 10.6 Å². The number of rotatable bonds is 5. The Morgan fingerprint density at radius 1 is 1.00 bits per heavy atom. The summed E-state index contributed by atoms with van der Waals surface area (Å²) in [6.45, 7) is 3.71. The zero-order valence-electron chi connectivity index (χ0n) is 13.5. The molecular formula is C18H21FN2O2. The van der Waals surface area contributed by atoms with Gasteiger partial charge in [0.15, 0.2) is 11.6 Å². The van der Waals surface area contributed by atoms with Crippen molar-refractivity contribution >= 4 is 6.03 Å². The Kier molecular flexibility index (Phi) is 5.57. The van der Waals surface area contributed by atoms with Crippen molar-refractivity contribution in [3.63, 3.8) is 0 Å². The first kappa shape index (κ1) is 16.8. The molecule has 0 saturated heterocycles. The fourth-order valence-electron chi connectivity index (χ4n) is 2.30. The van der Waals surface area contributed by atoms with E-state index < -0.39 is 5.82 Å². The fourth-order valence-corrected chi connectivity index (χ4v) is 2.30. The van der Waals surface area contributed by atoms with Gasteiger partial charge in [0.05, 0.1) is 19.2 Å². The van der Waals surface area contributed by atoms with Crippen molar-refractivity contribution in [2.24, 2.45) is 0 Å². The summed E-state index contributed by atoms with van der Waals surface area (Å²) in [6.07, 6.45) is 0. The maximum atomic E-state index is 13.7. The van der Waals surface area contributed by atoms with E-state index >= 15 is 0 Å². The summed E-state index contributed by atoms with van der Waals surface area (Å²) in [5, 5.41) is 5.67. The number of hydrogen-bond acceptors (Lipinski definition) is 2.